The van der Waals surface area contributed by atoms with Gasteiger partial charge >= 0.3 is 5.97 Å². The number of aliphatic hydroxyl groups excluding tert-OH is 1. The summed E-state index contributed by atoms with van der Waals surface area (Å²) in [5.74, 6) is -0.697. The number of nitrogens with one attached hydrogen (secondary N) is 1. The molecule has 1 aliphatic rings. The lowest BCUT2D eigenvalue weighted by Gasteiger charge is -2.15. The molecule has 2 rings (SSSR count). The van der Waals surface area contributed by atoms with E-state index in [2.05, 4.69) is 5.32 Å². The van der Waals surface area contributed by atoms with Crippen LogP contribution in [0.3, 0.4) is 0 Å². The molecule has 0 amide bonds. The second kappa shape index (κ2) is 6.77. The molecule has 1 aromatic rings. The second-order valence-corrected chi connectivity index (χ2v) is 4.42. The van der Waals surface area contributed by atoms with Crippen molar-refractivity contribution in [1.29, 1.82) is 5.26 Å². The van der Waals surface area contributed by atoms with Crippen LogP contribution < -0.4 is 5.32 Å². The SMILES string of the molecule is CCOC(=O)/C(C#N)=C1\N[C@H](CO)[C@H](c2ccccc2)O1. The first kappa shape index (κ1) is 14.9. The number of esters is 1. The first-order valence-electron chi connectivity index (χ1n) is 6.61. The number of carbonyl (C=O) groups is 1. The number of nitrogens with zero attached hydrogens (tertiary/aromatic N) is 1. The van der Waals surface area contributed by atoms with E-state index in [1.807, 2.05) is 30.3 Å². The van der Waals surface area contributed by atoms with Crippen LogP contribution in [0.25, 0.3) is 0 Å². The van der Waals surface area contributed by atoms with Gasteiger partial charge in [-0.2, -0.15) is 5.26 Å². The molecule has 0 radical (unpaired) electrons. The van der Waals surface area contributed by atoms with Crippen LogP contribution in [0.2, 0.25) is 0 Å². The Labute approximate surface area is 122 Å². The fraction of sp³-hybridized carbons (Fsp3) is 0.333. The minimum absolute atomic E-state index is 0.0452. The molecule has 6 heteroatoms. The average Bonchev–Trinajstić information content (AvgIpc) is 2.93. The third-order valence-corrected chi connectivity index (χ3v) is 3.07. The molecular formula is C15H16N2O4. The topological polar surface area (TPSA) is 91.6 Å². The van der Waals surface area contributed by atoms with Gasteiger partial charge < -0.3 is 19.9 Å². The smallest absolute Gasteiger partial charge is 0.354 e. The van der Waals surface area contributed by atoms with Gasteiger partial charge in [0.05, 0.1) is 19.3 Å². The normalized spacial score (nSPS) is 22.7. The minimum atomic E-state index is -0.743. The summed E-state index contributed by atoms with van der Waals surface area (Å²) in [6.07, 6.45) is -0.469. The molecule has 6 nitrogen and oxygen atoms in total. The molecule has 2 N–H and O–H groups in total. The van der Waals surface area contributed by atoms with Crippen LogP contribution in [0.4, 0.5) is 0 Å². The van der Waals surface area contributed by atoms with Crippen LogP contribution in [0.1, 0.15) is 18.6 Å². The van der Waals surface area contributed by atoms with Crippen molar-refractivity contribution < 1.29 is 19.4 Å². The van der Waals surface area contributed by atoms with Crippen molar-refractivity contribution in [3.8, 4) is 6.07 Å². The highest BCUT2D eigenvalue weighted by Crippen LogP contribution is 2.31. The zero-order valence-corrected chi connectivity index (χ0v) is 11.6. The molecule has 0 spiro atoms. The van der Waals surface area contributed by atoms with Crippen molar-refractivity contribution in [2.75, 3.05) is 13.2 Å². The Bertz CT molecular complexity index is 577. The van der Waals surface area contributed by atoms with Crippen molar-refractivity contribution in [2.45, 2.75) is 19.1 Å². The van der Waals surface area contributed by atoms with Crippen molar-refractivity contribution in [3.63, 3.8) is 0 Å². The Hall–Kier alpha value is -2.52. The molecule has 1 heterocycles. The quantitative estimate of drug-likeness (QED) is 0.488. The van der Waals surface area contributed by atoms with E-state index in [1.54, 1.807) is 13.0 Å². The van der Waals surface area contributed by atoms with Gasteiger partial charge in [0, 0.05) is 0 Å². The van der Waals surface area contributed by atoms with Crippen molar-refractivity contribution in [2.24, 2.45) is 0 Å². The summed E-state index contributed by atoms with van der Waals surface area (Å²) in [6.45, 7) is 1.64. The third-order valence-electron chi connectivity index (χ3n) is 3.07. The summed E-state index contributed by atoms with van der Waals surface area (Å²) in [5.41, 5.74) is 0.619. The summed E-state index contributed by atoms with van der Waals surface area (Å²) in [6, 6.07) is 10.6. The number of nitriles is 1. The van der Waals surface area contributed by atoms with Crippen molar-refractivity contribution in [1.82, 2.24) is 5.32 Å². The fourth-order valence-electron chi connectivity index (χ4n) is 2.10. The molecular weight excluding hydrogens is 272 g/mol. The minimum Gasteiger partial charge on any atom is -0.468 e. The van der Waals surface area contributed by atoms with Gasteiger partial charge in [0.2, 0.25) is 5.88 Å². The van der Waals surface area contributed by atoms with Gasteiger partial charge in [-0.1, -0.05) is 30.3 Å². The molecule has 1 aliphatic heterocycles. The van der Waals surface area contributed by atoms with Gasteiger partial charge in [0.15, 0.2) is 5.57 Å². The predicted octanol–water partition coefficient (Wildman–Crippen LogP) is 1.01. The van der Waals surface area contributed by atoms with Gasteiger partial charge in [0.25, 0.3) is 0 Å². The Morgan fingerprint density at radius 3 is 2.76 bits per heavy atom. The van der Waals surface area contributed by atoms with E-state index < -0.39 is 18.1 Å². The van der Waals surface area contributed by atoms with Crippen LogP contribution >= 0.6 is 0 Å². The summed E-state index contributed by atoms with van der Waals surface area (Å²) in [7, 11) is 0. The molecule has 2 atom stereocenters. The van der Waals surface area contributed by atoms with E-state index in [1.165, 1.54) is 0 Å². The fourth-order valence-corrected chi connectivity index (χ4v) is 2.10. The van der Waals surface area contributed by atoms with E-state index >= 15 is 0 Å². The lowest BCUT2D eigenvalue weighted by molar-refractivity contribution is -0.138. The van der Waals surface area contributed by atoms with Crippen LogP contribution in [-0.2, 0) is 14.3 Å². The molecule has 1 aromatic carbocycles. The summed E-state index contributed by atoms with van der Waals surface area (Å²) >= 11 is 0. The highest BCUT2D eigenvalue weighted by molar-refractivity contribution is 5.93. The molecule has 21 heavy (non-hydrogen) atoms. The second-order valence-electron chi connectivity index (χ2n) is 4.42. The number of hydrogen-bond acceptors (Lipinski definition) is 6. The van der Waals surface area contributed by atoms with Crippen LogP contribution in [0.5, 0.6) is 0 Å². The number of ether oxygens (including phenoxy) is 2. The monoisotopic (exact) mass is 288 g/mol. The highest BCUT2D eigenvalue weighted by Gasteiger charge is 2.35. The van der Waals surface area contributed by atoms with E-state index in [0.717, 1.165) is 5.56 Å². The average molecular weight is 288 g/mol. The molecule has 0 aliphatic carbocycles. The third kappa shape index (κ3) is 3.15. The van der Waals surface area contributed by atoms with Crippen molar-refractivity contribution >= 4 is 5.97 Å². The Morgan fingerprint density at radius 2 is 2.19 bits per heavy atom. The molecule has 0 aromatic heterocycles. The van der Waals surface area contributed by atoms with Gasteiger partial charge in [-0.05, 0) is 12.5 Å². The Balaban J connectivity index is 2.29. The highest BCUT2D eigenvalue weighted by atomic mass is 16.5. The standard InChI is InChI=1S/C15H16N2O4/c1-2-20-15(19)11(8-16)14-17-12(9-18)13(21-14)10-6-4-3-5-7-10/h3-7,12-13,17-18H,2,9H2,1H3/b14-11+/t12-,13+/m1/s1. The van der Waals surface area contributed by atoms with Gasteiger partial charge in [-0.3, -0.25) is 0 Å². The zero-order chi connectivity index (χ0) is 15.2. The molecule has 0 bridgehead atoms. The number of rotatable bonds is 4. The number of hydrogen-bond donors (Lipinski definition) is 2. The van der Waals surface area contributed by atoms with Gasteiger partial charge in [-0.25, -0.2) is 4.79 Å². The lowest BCUT2D eigenvalue weighted by Crippen LogP contribution is -2.29. The van der Waals surface area contributed by atoms with E-state index in [9.17, 15) is 9.90 Å². The summed E-state index contributed by atoms with van der Waals surface area (Å²) in [5, 5.41) is 21.4. The molecule has 1 saturated heterocycles. The maximum absolute atomic E-state index is 11.7. The number of aliphatic hydroxyl groups is 1. The summed E-state index contributed by atoms with van der Waals surface area (Å²) < 4.78 is 10.5. The first-order valence-corrected chi connectivity index (χ1v) is 6.61. The largest absolute Gasteiger partial charge is 0.468 e. The predicted molar refractivity (Wildman–Crippen MR) is 73.5 cm³/mol. The number of benzene rings is 1. The summed E-state index contributed by atoms with van der Waals surface area (Å²) in [4.78, 5) is 11.7. The lowest BCUT2D eigenvalue weighted by atomic mass is 10.0. The maximum Gasteiger partial charge on any atom is 0.354 e. The Morgan fingerprint density at radius 1 is 1.48 bits per heavy atom. The van der Waals surface area contributed by atoms with E-state index in [-0.39, 0.29) is 24.7 Å². The first-order chi connectivity index (χ1) is 10.2. The van der Waals surface area contributed by atoms with Crippen molar-refractivity contribution in [3.05, 3.63) is 47.4 Å². The molecule has 1 fully saturated rings. The van der Waals surface area contributed by atoms with E-state index in [4.69, 9.17) is 14.7 Å². The number of carbonyl (C=O) groups excluding carboxylic acids is 1. The van der Waals surface area contributed by atoms with Crippen LogP contribution in [-0.4, -0.2) is 30.3 Å². The maximum atomic E-state index is 11.7. The molecule has 0 unspecified atom stereocenters. The molecule has 0 saturated carbocycles. The van der Waals surface area contributed by atoms with Gasteiger partial charge in [-0.15, -0.1) is 0 Å². The van der Waals surface area contributed by atoms with E-state index in [0.29, 0.717) is 0 Å². The zero-order valence-electron chi connectivity index (χ0n) is 11.6. The van der Waals surface area contributed by atoms with Crippen LogP contribution in [0.15, 0.2) is 41.8 Å². The molecule has 110 valence electrons. The Kier molecular flexibility index (Phi) is 4.80. The van der Waals surface area contributed by atoms with Crippen LogP contribution in [0, 0.1) is 11.3 Å². The van der Waals surface area contributed by atoms with Gasteiger partial charge in [0.1, 0.15) is 12.2 Å².